The van der Waals surface area contributed by atoms with Crippen LogP contribution in [0.1, 0.15) is 21.8 Å². The highest BCUT2D eigenvalue weighted by atomic mass is 16.5. The van der Waals surface area contributed by atoms with Crippen LogP contribution in [0.2, 0.25) is 0 Å². The van der Waals surface area contributed by atoms with Crippen LogP contribution in [-0.2, 0) is 6.54 Å². The number of hydrogen-bond acceptors (Lipinski definition) is 7. The Balaban J connectivity index is 1.36. The average Bonchev–Trinajstić information content (AvgIpc) is 3.14. The molecule has 1 aliphatic heterocycles. The third-order valence-corrected chi connectivity index (χ3v) is 4.65. The van der Waals surface area contributed by atoms with Crippen molar-refractivity contribution in [1.29, 1.82) is 0 Å². The molecule has 0 aliphatic carbocycles. The van der Waals surface area contributed by atoms with Gasteiger partial charge in [-0.2, -0.15) is 0 Å². The van der Waals surface area contributed by atoms with Crippen LogP contribution in [0.4, 0.5) is 11.8 Å². The Morgan fingerprint density at radius 2 is 1.93 bits per heavy atom. The lowest BCUT2D eigenvalue weighted by molar-refractivity contribution is 0.102. The molecule has 0 bridgehead atoms. The second-order valence-electron chi connectivity index (χ2n) is 6.77. The van der Waals surface area contributed by atoms with Gasteiger partial charge in [0.05, 0.1) is 0 Å². The van der Waals surface area contributed by atoms with Crippen LogP contribution in [0, 0.1) is 6.92 Å². The summed E-state index contributed by atoms with van der Waals surface area (Å²) in [6.45, 7) is 6.19. The molecule has 1 N–H and O–H groups in total. The Hall–Kier alpha value is -3.26. The number of hydrogen-bond donors (Lipinski definition) is 1. The van der Waals surface area contributed by atoms with Gasteiger partial charge in [-0.25, -0.2) is 9.97 Å². The van der Waals surface area contributed by atoms with Crippen molar-refractivity contribution in [2.75, 3.05) is 36.4 Å². The largest absolute Gasteiger partial charge is 0.360 e. The summed E-state index contributed by atoms with van der Waals surface area (Å²) in [7, 11) is 0. The molecule has 3 heterocycles. The van der Waals surface area contributed by atoms with Gasteiger partial charge in [0.15, 0.2) is 5.82 Å². The molecule has 3 aromatic rings. The van der Waals surface area contributed by atoms with E-state index in [1.54, 1.807) is 25.3 Å². The highest BCUT2D eigenvalue weighted by Crippen LogP contribution is 2.14. The van der Waals surface area contributed by atoms with Crippen LogP contribution in [-0.4, -0.2) is 52.1 Å². The number of aryl methyl sites for hydroxylation is 1. The minimum Gasteiger partial charge on any atom is -0.360 e. The lowest BCUT2D eigenvalue weighted by atomic mass is 10.2. The SMILES string of the molecule is Cc1cc(NC(=O)c2ccnc(N3CCN(Cc4ccccc4)CC3)n2)no1. The predicted molar refractivity (Wildman–Crippen MR) is 105 cm³/mol. The van der Waals surface area contributed by atoms with Gasteiger partial charge >= 0.3 is 0 Å². The van der Waals surface area contributed by atoms with Crippen LogP contribution in [0.5, 0.6) is 0 Å². The topological polar surface area (TPSA) is 87.4 Å². The Bertz CT molecular complexity index is 935. The fourth-order valence-electron chi connectivity index (χ4n) is 3.18. The molecule has 144 valence electrons. The number of anilines is 2. The van der Waals surface area contributed by atoms with Crippen molar-refractivity contribution in [2.45, 2.75) is 13.5 Å². The molecular formula is C20H22N6O2. The van der Waals surface area contributed by atoms with Gasteiger partial charge in [0.2, 0.25) is 5.95 Å². The molecule has 0 unspecified atom stereocenters. The van der Waals surface area contributed by atoms with E-state index >= 15 is 0 Å². The van der Waals surface area contributed by atoms with Gasteiger partial charge in [-0.15, -0.1) is 0 Å². The normalized spacial score (nSPS) is 14.8. The minimum absolute atomic E-state index is 0.303. The molecule has 1 amide bonds. The molecule has 2 aromatic heterocycles. The van der Waals surface area contributed by atoms with Crippen LogP contribution < -0.4 is 10.2 Å². The molecule has 0 radical (unpaired) electrons. The van der Waals surface area contributed by atoms with Crippen LogP contribution >= 0.6 is 0 Å². The van der Waals surface area contributed by atoms with E-state index in [0.29, 0.717) is 23.2 Å². The average molecular weight is 378 g/mol. The van der Waals surface area contributed by atoms with Crippen molar-refractivity contribution in [3.05, 3.63) is 65.7 Å². The van der Waals surface area contributed by atoms with Gasteiger partial charge in [-0.1, -0.05) is 35.5 Å². The molecule has 8 nitrogen and oxygen atoms in total. The first-order valence-electron chi connectivity index (χ1n) is 9.26. The third-order valence-electron chi connectivity index (χ3n) is 4.65. The number of amides is 1. The van der Waals surface area contributed by atoms with Crippen LogP contribution in [0.25, 0.3) is 0 Å². The van der Waals surface area contributed by atoms with Crippen molar-refractivity contribution in [3.8, 4) is 0 Å². The van der Waals surface area contributed by atoms with E-state index in [1.807, 2.05) is 6.07 Å². The van der Waals surface area contributed by atoms with Gasteiger partial charge in [0.1, 0.15) is 11.5 Å². The number of nitrogens with one attached hydrogen (secondary N) is 1. The molecule has 1 fully saturated rings. The zero-order valence-electron chi connectivity index (χ0n) is 15.7. The van der Waals surface area contributed by atoms with Crippen molar-refractivity contribution in [3.63, 3.8) is 0 Å². The van der Waals surface area contributed by atoms with E-state index in [0.717, 1.165) is 32.7 Å². The fraction of sp³-hybridized carbons (Fsp3) is 0.300. The fourth-order valence-corrected chi connectivity index (χ4v) is 3.18. The zero-order chi connectivity index (χ0) is 19.3. The Morgan fingerprint density at radius 3 is 2.64 bits per heavy atom. The van der Waals surface area contributed by atoms with Crippen LogP contribution in [0.3, 0.4) is 0 Å². The molecule has 8 heteroatoms. The first kappa shape index (κ1) is 18.1. The van der Waals surface area contributed by atoms with Gasteiger partial charge in [-0.3, -0.25) is 9.69 Å². The standard InChI is InChI=1S/C20H22N6O2/c1-15-13-18(24-28-15)23-19(27)17-7-8-21-20(22-17)26-11-9-25(10-12-26)14-16-5-3-2-4-6-16/h2-8,13H,9-12,14H2,1H3,(H,23,24,27). The van der Waals surface area contributed by atoms with E-state index in [2.05, 4.69) is 54.5 Å². The van der Waals surface area contributed by atoms with Crippen molar-refractivity contribution >= 4 is 17.7 Å². The minimum atomic E-state index is -0.334. The molecule has 4 rings (SSSR count). The third kappa shape index (κ3) is 4.34. The van der Waals surface area contributed by atoms with E-state index < -0.39 is 0 Å². The summed E-state index contributed by atoms with van der Waals surface area (Å²) in [6.07, 6.45) is 1.61. The van der Waals surface area contributed by atoms with Crippen molar-refractivity contribution in [2.24, 2.45) is 0 Å². The Labute approximate surface area is 163 Å². The molecule has 0 saturated carbocycles. The first-order valence-corrected chi connectivity index (χ1v) is 9.26. The summed E-state index contributed by atoms with van der Waals surface area (Å²) in [5.41, 5.74) is 1.62. The summed E-state index contributed by atoms with van der Waals surface area (Å²) in [5.74, 6) is 1.24. The molecule has 1 saturated heterocycles. The highest BCUT2D eigenvalue weighted by molar-refractivity contribution is 6.02. The monoisotopic (exact) mass is 378 g/mol. The predicted octanol–water partition coefficient (Wildman–Crippen LogP) is 2.35. The Kier molecular flexibility index (Phi) is 5.29. The lowest BCUT2D eigenvalue weighted by Crippen LogP contribution is -2.46. The number of carbonyl (C=O) groups is 1. The van der Waals surface area contributed by atoms with E-state index in [4.69, 9.17) is 4.52 Å². The second kappa shape index (κ2) is 8.18. The maximum absolute atomic E-state index is 12.4. The van der Waals surface area contributed by atoms with Gasteiger partial charge in [0.25, 0.3) is 5.91 Å². The number of carbonyl (C=O) groups excluding carboxylic acids is 1. The number of benzene rings is 1. The van der Waals surface area contributed by atoms with E-state index in [1.165, 1.54) is 5.56 Å². The summed E-state index contributed by atoms with van der Waals surface area (Å²) in [4.78, 5) is 25.7. The molecule has 0 spiro atoms. The maximum atomic E-state index is 12.4. The van der Waals surface area contributed by atoms with Gasteiger partial charge < -0.3 is 14.7 Å². The van der Waals surface area contributed by atoms with Crippen molar-refractivity contribution in [1.82, 2.24) is 20.0 Å². The maximum Gasteiger partial charge on any atom is 0.275 e. The summed E-state index contributed by atoms with van der Waals surface area (Å²) in [6, 6.07) is 13.7. The molecule has 1 aromatic carbocycles. The number of nitrogens with zero attached hydrogens (tertiary/aromatic N) is 5. The second-order valence-corrected chi connectivity index (χ2v) is 6.77. The van der Waals surface area contributed by atoms with Crippen molar-refractivity contribution < 1.29 is 9.32 Å². The molecule has 0 atom stereocenters. The van der Waals surface area contributed by atoms with Gasteiger partial charge in [0, 0.05) is 45.0 Å². The molecular weight excluding hydrogens is 356 g/mol. The van der Waals surface area contributed by atoms with Crippen LogP contribution in [0.15, 0.2) is 53.2 Å². The Morgan fingerprint density at radius 1 is 1.14 bits per heavy atom. The number of rotatable bonds is 5. The quantitative estimate of drug-likeness (QED) is 0.729. The van der Waals surface area contributed by atoms with E-state index in [-0.39, 0.29) is 5.91 Å². The number of aromatic nitrogens is 3. The number of piperazine rings is 1. The highest BCUT2D eigenvalue weighted by Gasteiger charge is 2.20. The zero-order valence-corrected chi connectivity index (χ0v) is 15.7. The molecule has 1 aliphatic rings. The molecule has 28 heavy (non-hydrogen) atoms. The summed E-state index contributed by atoms with van der Waals surface area (Å²) >= 11 is 0. The first-order chi connectivity index (χ1) is 13.7. The van der Waals surface area contributed by atoms with Gasteiger partial charge in [-0.05, 0) is 18.6 Å². The smallest absolute Gasteiger partial charge is 0.275 e. The lowest BCUT2D eigenvalue weighted by Gasteiger charge is -2.34. The summed E-state index contributed by atoms with van der Waals surface area (Å²) in [5, 5.41) is 6.45. The van der Waals surface area contributed by atoms with E-state index in [9.17, 15) is 4.79 Å². The summed E-state index contributed by atoms with van der Waals surface area (Å²) < 4.78 is 4.96.